The molecule has 0 spiro atoms. The van der Waals surface area contributed by atoms with Crippen molar-refractivity contribution in [1.29, 1.82) is 0 Å². The number of carbonyl (C=O) groups is 1. The van der Waals surface area contributed by atoms with E-state index in [1.165, 1.54) is 0 Å². The quantitative estimate of drug-likeness (QED) is 0.540. The molecule has 0 unspecified atom stereocenters. The summed E-state index contributed by atoms with van der Waals surface area (Å²) in [6.07, 6.45) is 2.07. The minimum absolute atomic E-state index is 0.0260. The number of benzene rings is 2. The van der Waals surface area contributed by atoms with Gasteiger partial charge in [-0.2, -0.15) is 0 Å². The standard InChI is InChI=1S/C20H19NO4/c1-2-3-12-24-16-10-8-15(9-11-16)21-19(22)17-13-14-6-4-5-7-18(14)25-20(17)23/h4-11,13H,2-3,12H2,1H3,(H,21,22). The molecule has 1 amide bonds. The maximum atomic E-state index is 12.4. The first-order valence-corrected chi connectivity index (χ1v) is 8.24. The summed E-state index contributed by atoms with van der Waals surface area (Å²) in [5, 5.41) is 3.40. The first-order valence-electron chi connectivity index (χ1n) is 8.24. The molecule has 1 N–H and O–H groups in total. The van der Waals surface area contributed by atoms with Crippen LogP contribution in [0.1, 0.15) is 30.1 Å². The van der Waals surface area contributed by atoms with E-state index in [0.717, 1.165) is 18.6 Å². The van der Waals surface area contributed by atoms with Crippen LogP contribution in [0.5, 0.6) is 5.75 Å². The van der Waals surface area contributed by atoms with Gasteiger partial charge in [0.05, 0.1) is 6.61 Å². The second-order valence-electron chi connectivity index (χ2n) is 5.67. The smallest absolute Gasteiger partial charge is 0.349 e. The third-order valence-corrected chi connectivity index (χ3v) is 3.76. The number of nitrogens with one attached hydrogen (secondary N) is 1. The van der Waals surface area contributed by atoms with Gasteiger partial charge in [0.1, 0.15) is 16.9 Å². The summed E-state index contributed by atoms with van der Waals surface area (Å²) in [5.74, 6) is 0.246. The fourth-order valence-electron chi connectivity index (χ4n) is 2.39. The molecule has 0 aliphatic heterocycles. The van der Waals surface area contributed by atoms with Crippen LogP contribution in [0.25, 0.3) is 11.0 Å². The number of ether oxygens (including phenoxy) is 1. The van der Waals surface area contributed by atoms with Crippen LogP contribution in [-0.4, -0.2) is 12.5 Å². The summed E-state index contributed by atoms with van der Waals surface area (Å²) in [6.45, 7) is 2.77. The van der Waals surface area contributed by atoms with Crippen molar-refractivity contribution in [2.45, 2.75) is 19.8 Å². The van der Waals surface area contributed by atoms with Crippen LogP contribution in [0.4, 0.5) is 5.69 Å². The number of amides is 1. The maximum absolute atomic E-state index is 12.4. The van der Waals surface area contributed by atoms with E-state index in [4.69, 9.17) is 9.15 Å². The second-order valence-corrected chi connectivity index (χ2v) is 5.67. The third kappa shape index (κ3) is 4.07. The molecule has 0 saturated heterocycles. The summed E-state index contributed by atoms with van der Waals surface area (Å²) in [6, 6.07) is 15.7. The molecular weight excluding hydrogens is 318 g/mol. The molecule has 1 heterocycles. The van der Waals surface area contributed by atoms with E-state index >= 15 is 0 Å². The molecule has 0 atom stereocenters. The van der Waals surface area contributed by atoms with Gasteiger partial charge in [-0.1, -0.05) is 31.5 Å². The number of hydrogen-bond donors (Lipinski definition) is 1. The van der Waals surface area contributed by atoms with Crippen LogP contribution in [0.3, 0.4) is 0 Å². The molecule has 0 radical (unpaired) electrons. The number of fused-ring (bicyclic) bond motifs is 1. The Hall–Kier alpha value is -3.08. The summed E-state index contributed by atoms with van der Waals surface area (Å²) in [7, 11) is 0. The van der Waals surface area contributed by atoms with Crippen molar-refractivity contribution < 1.29 is 13.9 Å². The summed E-state index contributed by atoms with van der Waals surface area (Å²) in [4.78, 5) is 24.4. The van der Waals surface area contributed by atoms with Crippen molar-refractivity contribution in [3.8, 4) is 5.75 Å². The second kappa shape index (κ2) is 7.66. The zero-order valence-corrected chi connectivity index (χ0v) is 14.0. The molecule has 2 aromatic carbocycles. The number of para-hydroxylation sites is 1. The SMILES string of the molecule is CCCCOc1ccc(NC(=O)c2cc3ccccc3oc2=O)cc1. The molecule has 1 aromatic heterocycles. The minimum Gasteiger partial charge on any atom is -0.494 e. The number of unbranched alkanes of at least 4 members (excludes halogenated alkanes) is 1. The lowest BCUT2D eigenvalue weighted by Gasteiger charge is -2.08. The molecule has 5 heteroatoms. The fraction of sp³-hybridized carbons (Fsp3) is 0.200. The molecule has 0 fully saturated rings. The van der Waals surface area contributed by atoms with Gasteiger partial charge in [-0.25, -0.2) is 4.79 Å². The molecular formula is C20H19NO4. The molecule has 3 aromatic rings. The number of anilines is 1. The molecule has 0 bridgehead atoms. The predicted molar refractivity (Wildman–Crippen MR) is 97.3 cm³/mol. The van der Waals surface area contributed by atoms with Crippen LogP contribution >= 0.6 is 0 Å². The van der Waals surface area contributed by atoms with Gasteiger partial charge in [-0.3, -0.25) is 4.79 Å². The van der Waals surface area contributed by atoms with E-state index in [1.807, 2.05) is 6.07 Å². The van der Waals surface area contributed by atoms with Crippen LogP contribution in [-0.2, 0) is 0 Å². The molecule has 25 heavy (non-hydrogen) atoms. The minimum atomic E-state index is -0.657. The number of rotatable bonds is 6. The first kappa shape index (κ1) is 16.8. The van der Waals surface area contributed by atoms with Crippen molar-refractivity contribution in [3.05, 3.63) is 70.6 Å². The van der Waals surface area contributed by atoms with Gasteiger partial charge in [-0.15, -0.1) is 0 Å². The monoisotopic (exact) mass is 337 g/mol. The lowest BCUT2D eigenvalue weighted by molar-refractivity contribution is 0.102. The largest absolute Gasteiger partial charge is 0.494 e. The average molecular weight is 337 g/mol. The van der Waals surface area contributed by atoms with Gasteiger partial charge in [-0.05, 0) is 42.8 Å². The van der Waals surface area contributed by atoms with E-state index in [-0.39, 0.29) is 5.56 Å². The highest BCUT2D eigenvalue weighted by Gasteiger charge is 2.13. The zero-order chi connectivity index (χ0) is 17.6. The summed E-state index contributed by atoms with van der Waals surface area (Å²) >= 11 is 0. The van der Waals surface area contributed by atoms with Crippen molar-refractivity contribution in [3.63, 3.8) is 0 Å². The molecule has 5 nitrogen and oxygen atoms in total. The van der Waals surface area contributed by atoms with Gasteiger partial charge < -0.3 is 14.5 Å². The van der Waals surface area contributed by atoms with E-state index in [9.17, 15) is 9.59 Å². The van der Waals surface area contributed by atoms with Gasteiger partial charge in [0.15, 0.2) is 0 Å². The highest BCUT2D eigenvalue weighted by molar-refractivity contribution is 6.05. The van der Waals surface area contributed by atoms with Crippen LogP contribution < -0.4 is 15.7 Å². The molecule has 0 aliphatic rings. The molecule has 3 rings (SSSR count). The maximum Gasteiger partial charge on any atom is 0.349 e. The van der Waals surface area contributed by atoms with Crippen molar-refractivity contribution in [1.82, 2.24) is 0 Å². The molecule has 0 aliphatic carbocycles. The highest BCUT2D eigenvalue weighted by Crippen LogP contribution is 2.17. The Bertz CT molecular complexity index is 928. The van der Waals surface area contributed by atoms with E-state index in [0.29, 0.717) is 23.3 Å². The van der Waals surface area contributed by atoms with Gasteiger partial charge in [0.2, 0.25) is 0 Å². The summed E-state index contributed by atoms with van der Waals surface area (Å²) in [5.41, 5.74) is 0.357. The third-order valence-electron chi connectivity index (χ3n) is 3.76. The number of carbonyl (C=O) groups excluding carboxylic acids is 1. The van der Waals surface area contributed by atoms with Crippen molar-refractivity contribution in [2.75, 3.05) is 11.9 Å². The van der Waals surface area contributed by atoms with Gasteiger partial charge in [0, 0.05) is 11.1 Å². The van der Waals surface area contributed by atoms with Crippen LogP contribution in [0.2, 0.25) is 0 Å². The first-order chi connectivity index (χ1) is 12.2. The van der Waals surface area contributed by atoms with Crippen molar-refractivity contribution in [2.24, 2.45) is 0 Å². The lowest BCUT2D eigenvalue weighted by atomic mass is 10.1. The van der Waals surface area contributed by atoms with Crippen LogP contribution in [0.15, 0.2) is 63.8 Å². The topological polar surface area (TPSA) is 68.5 Å². The van der Waals surface area contributed by atoms with E-state index in [1.54, 1.807) is 48.5 Å². The van der Waals surface area contributed by atoms with Gasteiger partial charge in [0.25, 0.3) is 5.91 Å². The fourth-order valence-corrected chi connectivity index (χ4v) is 2.39. The highest BCUT2D eigenvalue weighted by atomic mass is 16.5. The Kier molecular flexibility index (Phi) is 5.14. The van der Waals surface area contributed by atoms with Gasteiger partial charge >= 0.3 is 5.63 Å². The Balaban J connectivity index is 1.74. The average Bonchev–Trinajstić information content (AvgIpc) is 2.62. The Morgan fingerprint density at radius 3 is 2.64 bits per heavy atom. The zero-order valence-electron chi connectivity index (χ0n) is 14.0. The normalized spacial score (nSPS) is 10.6. The Morgan fingerprint density at radius 1 is 1.12 bits per heavy atom. The number of hydrogen-bond acceptors (Lipinski definition) is 4. The van der Waals surface area contributed by atoms with E-state index < -0.39 is 11.5 Å². The Labute approximate surface area is 145 Å². The Morgan fingerprint density at radius 2 is 1.88 bits per heavy atom. The molecule has 128 valence electrons. The summed E-state index contributed by atoms with van der Waals surface area (Å²) < 4.78 is 10.8. The van der Waals surface area contributed by atoms with E-state index in [2.05, 4.69) is 12.2 Å². The predicted octanol–water partition coefficient (Wildman–Crippen LogP) is 4.22. The lowest BCUT2D eigenvalue weighted by Crippen LogP contribution is -2.20. The molecule has 0 saturated carbocycles. The van der Waals surface area contributed by atoms with Crippen molar-refractivity contribution >= 4 is 22.6 Å². The van der Waals surface area contributed by atoms with Crippen LogP contribution in [0, 0.1) is 0 Å².